The molecule has 2 amide bonds. The summed E-state index contributed by atoms with van der Waals surface area (Å²) in [4.78, 5) is 32.8. The fourth-order valence-corrected chi connectivity index (χ4v) is 4.92. The van der Waals surface area contributed by atoms with Gasteiger partial charge < -0.3 is 0 Å². The van der Waals surface area contributed by atoms with E-state index in [2.05, 4.69) is 39.1 Å². The predicted octanol–water partition coefficient (Wildman–Crippen LogP) is 5.62. The van der Waals surface area contributed by atoms with Crippen molar-refractivity contribution in [2.24, 2.45) is 0 Å². The molecule has 2 saturated heterocycles. The third-order valence-electron chi connectivity index (χ3n) is 7.55. The number of hydrogen-bond donors (Lipinski definition) is 1. The first-order chi connectivity index (χ1) is 22.3. The van der Waals surface area contributed by atoms with Gasteiger partial charge in [0.25, 0.3) is 0 Å². The molecule has 4 heterocycles. The zero-order valence-corrected chi connectivity index (χ0v) is 26.8. The van der Waals surface area contributed by atoms with Gasteiger partial charge in [0, 0.05) is 65.6 Å². The highest BCUT2D eigenvalue weighted by atomic mass is 19.1. The van der Waals surface area contributed by atoms with Crippen LogP contribution < -0.4 is 15.4 Å². The molecule has 238 valence electrons. The van der Waals surface area contributed by atoms with Crippen molar-refractivity contribution in [2.45, 2.75) is 51.6 Å². The number of halogens is 2. The molecule has 2 aliphatic heterocycles. The quantitative estimate of drug-likeness (QED) is 0.289. The Labute approximate surface area is 273 Å². The Morgan fingerprint density at radius 3 is 1.60 bits per heavy atom. The number of nitrogens with one attached hydrogen (secondary N) is 1. The van der Waals surface area contributed by atoms with Gasteiger partial charge in [-0.1, -0.05) is 35.8 Å². The molecule has 2 aromatic carbocycles. The molecular formula is C37H34F2N6O2. The lowest BCUT2D eigenvalue weighted by Gasteiger charge is -2.31. The number of carbonyl (C=O) groups excluding carboxylic acids is 2. The first kappa shape index (κ1) is 33.0. The molecule has 2 fully saturated rings. The van der Waals surface area contributed by atoms with Crippen LogP contribution in [-0.4, -0.2) is 44.9 Å². The minimum Gasteiger partial charge on any atom is -0.273 e. The number of nitrogens with zero attached hydrogens (tertiary/aromatic N) is 5. The summed E-state index contributed by atoms with van der Waals surface area (Å²) in [7, 11) is 1.88. The average molecular weight is 633 g/mol. The van der Waals surface area contributed by atoms with E-state index in [0.29, 0.717) is 46.7 Å². The van der Waals surface area contributed by atoms with Crippen LogP contribution in [0.2, 0.25) is 0 Å². The van der Waals surface area contributed by atoms with E-state index in [0.717, 1.165) is 0 Å². The summed E-state index contributed by atoms with van der Waals surface area (Å²) < 4.78 is 26.2. The Morgan fingerprint density at radius 1 is 0.681 bits per heavy atom. The number of anilines is 2. The van der Waals surface area contributed by atoms with E-state index >= 15 is 0 Å². The molecule has 2 aromatic heterocycles. The molecule has 6 rings (SSSR count). The number of aromatic nitrogens is 2. The van der Waals surface area contributed by atoms with Crippen LogP contribution in [0.15, 0.2) is 85.2 Å². The van der Waals surface area contributed by atoms with Crippen LogP contribution in [0.25, 0.3) is 0 Å². The number of hydrogen-bond acceptors (Lipinski definition) is 6. The molecule has 0 saturated carbocycles. The smallest absolute Gasteiger partial charge is 0.244 e. The van der Waals surface area contributed by atoms with E-state index in [4.69, 9.17) is 0 Å². The number of pyridine rings is 2. The zero-order valence-electron chi connectivity index (χ0n) is 26.8. The molecule has 47 heavy (non-hydrogen) atoms. The van der Waals surface area contributed by atoms with Crippen molar-refractivity contribution < 1.29 is 18.4 Å². The number of carbonyl (C=O) groups is 2. The molecule has 4 aromatic rings. The van der Waals surface area contributed by atoms with Crippen molar-refractivity contribution in [3.63, 3.8) is 0 Å². The van der Waals surface area contributed by atoms with Gasteiger partial charge in [-0.25, -0.2) is 39.2 Å². The number of benzene rings is 2. The fraction of sp³-hybridized carbons (Fsp3) is 0.243. The second-order valence-corrected chi connectivity index (χ2v) is 12.5. The maximum Gasteiger partial charge on any atom is 0.244 e. The number of amides is 2. The van der Waals surface area contributed by atoms with E-state index in [1.54, 1.807) is 65.9 Å². The first-order valence-corrected chi connectivity index (χ1v) is 14.9. The number of rotatable bonds is 2. The van der Waals surface area contributed by atoms with Crippen molar-refractivity contribution in [2.75, 3.05) is 17.1 Å². The summed E-state index contributed by atoms with van der Waals surface area (Å²) in [6.07, 6.45) is 4.10. The molecular weight excluding hydrogens is 598 g/mol. The van der Waals surface area contributed by atoms with Gasteiger partial charge in [0.05, 0.1) is 0 Å². The number of hydrazine groups is 2. The second-order valence-electron chi connectivity index (χ2n) is 12.5. The van der Waals surface area contributed by atoms with Gasteiger partial charge in [-0.05, 0) is 88.4 Å². The minimum atomic E-state index is -0.313. The van der Waals surface area contributed by atoms with Gasteiger partial charge in [0.15, 0.2) is 0 Å². The highest BCUT2D eigenvalue weighted by Gasteiger charge is 2.42. The Bertz CT molecular complexity index is 1920. The van der Waals surface area contributed by atoms with E-state index in [9.17, 15) is 18.4 Å². The van der Waals surface area contributed by atoms with Crippen molar-refractivity contribution >= 4 is 23.5 Å². The van der Waals surface area contributed by atoms with Crippen molar-refractivity contribution in [1.29, 1.82) is 0 Å². The minimum absolute atomic E-state index is 0.0129. The molecule has 0 unspecified atom stereocenters. The van der Waals surface area contributed by atoms with Crippen molar-refractivity contribution in [1.82, 2.24) is 20.4 Å². The predicted molar refractivity (Wildman–Crippen MR) is 176 cm³/mol. The lowest BCUT2D eigenvalue weighted by atomic mass is 10.0. The van der Waals surface area contributed by atoms with Crippen LogP contribution in [0.1, 0.15) is 62.8 Å². The lowest BCUT2D eigenvalue weighted by molar-refractivity contribution is -0.118. The van der Waals surface area contributed by atoms with Gasteiger partial charge in [0.1, 0.15) is 23.3 Å². The van der Waals surface area contributed by atoms with Crippen molar-refractivity contribution in [3.05, 3.63) is 119 Å². The molecule has 1 N–H and O–H groups in total. The van der Waals surface area contributed by atoms with E-state index in [-0.39, 0.29) is 34.5 Å². The second kappa shape index (κ2) is 13.5. The highest BCUT2D eigenvalue weighted by Crippen LogP contribution is 2.31. The summed E-state index contributed by atoms with van der Waals surface area (Å²) in [5.41, 5.74) is 5.24. The van der Waals surface area contributed by atoms with Gasteiger partial charge in [-0.2, -0.15) is 0 Å². The third kappa shape index (κ3) is 8.25. The molecule has 2 aliphatic rings. The summed E-state index contributed by atoms with van der Waals surface area (Å²) >= 11 is 0. The molecule has 10 heteroatoms. The monoisotopic (exact) mass is 632 g/mol. The van der Waals surface area contributed by atoms with Crippen LogP contribution in [0.3, 0.4) is 0 Å². The van der Waals surface area contributed by atoms with Crippen LogP contribution in [0.5, 0.6) is 0 Å². The topological polar surface area (TPSA) is 81.7 Å². The Balaban J connectivity index is 0.000000185. The zero-order chi connectivity index (χ0) is 33.8. The standard InChI is InChI=1S/C19H18FN3O.C18H16FN3O/c1-19(2)12-18(24)23(22(19)3)17-10-9-15(13-21-17)8-7-14-5-4-6-16(20)11-14;1-18(2)11-17(23)22(21-18)16-9-8-14(12-20-16)7-6-13-4-3-5-15(19)10-13/h4-6,9-11,13H,12H2,1-3H3;3-5,8-10,12,21H,11H2,1-2H3. The Morgan fingerprint density at radius 2 is 1.19 bits per heavy atom. The van der Waals surface area contributed by atoms with Crippen LogP contribution in [-0.2, 0) is 9.59 Å². The molecule has 0 spiro atoms. The summed E-state index contributed by atoms with van der Waals surface area (Å²) in [6, 6.07) is 19.4. The van der Waals surface area contributed by atoms with Crippen LogP contribution >= 0.6 is 0 Å². The third-order valence-corrected chi connectivity index (χ3v) is 7.55. The summed E-state index contributed by atoms with van der Waals surface area (Å²) in [5, 5.41) is 4.95. The van der Waals surface area contributed by atoms with E-state index in [1.165, 1.54) is 29.3 Å². The van der Waals surface area contributed by atoms with E-state index in [1.807, 2.05) is 39.8 Å². The van der Waals surface area contributed by atoms with Gasteiger partial charge in [-0.15, -0.1) is 0 Å². The molecule has 0 atom stereocenters. The van der Waals surface area contributed by atoms with E-state index < -0.39 is 0 Å². The normalized spacial score (nSPS) is 16.5. The Hall–Kier alpha value is -5.42. The van der Waals surface area contributed by atoms with Gasteiger partial charge in [-0.3, -0.25) is 9.59 Å². The summed E-state index contributed by atoms with van der Waals surface area (Å²) in [5.74, 6) is 12.2. The van der Waals surface area contributed by atoms with Crippen molar-refractivity contribution in [3.8, 4) is 23.7 Å². The highest BCUT2D eigenvalue weighted by molar-refractivity contribution is 5.95. The maximum atomic E-state index is 13.1. The maximum absolute atomic E-state index is 13.1. The molecule has 8 nitrogen and oxygen atoms in total. The van der Waals surface area contributed by atoms with Crippen LogP contribution in [0, 0.1) is 35.3 Å². The lowest BCUT2D eigenvalue weighted by Crippen LogP contribution is -2.44. The SMILES string of the molecule is CC1(C)CC(=O)N(c2ccc(C#Cc3cccc(F)c3)cn2)N1.CN1N(c2ccc(C#Cc3cccc(F)c3)cn2)C(=O)CC1(C)C. The largest absolute Gasteiger partial charge is 0.273 e. The van der Waals surface area contributed by atoms with Gasteiger partial charge in [0.2, 0.25) is 11.8 Å². The molecule has 0 aliphatic carbocycles. The molecule has 0 bridgehead atoms. The van der Waals surface area contributed by atoms with Gasteiger partial charge >= 0.3 is 0 Å². The average Bonchev–Trinajstić information content (AvgIpc) is 3.43. The fourth-order valence-electron chi connectivity index (χ4n) is 4.92. The Kier molecular flexibility index (Phi) is 9.48. The van der Waals surface area contributed by atoms with Crippen LogP contribution in [0.4, 0.5) is 20.4 Å². The summed E-state index contributed by atoms with van der Waals surface area (Å²) in [6.45, 7) is 7.96. The first-order valence-electron chi connectivity index (χ1n) is 14.9. The molecule has 0 radical (unpaired) electrons.